The van der Waals surface area contributed by atoms with E-state index in [4.69, 9.17) is 11.6 Å². The van der Waals surface area contributed by atoms with Crippen molar-refractivity contribution in [2.75, 3.05) is 12.4 Å². The van der Waals surface area contributed by atoms with Gasteiger partial charge >= 0.3 is 0 Å². The van der Waals surface area contributed by atoms with Gasteiger partial charge in [-0.2, -0.15) is 0 Å². The second-order valence-corrected chi connectivity index (χ2v) is 7.21. The molecular weight excluding hydrogens is 377 g/mol. The molecule has 1 aliphatic rings. The highest BCUT2D eigenvalue weighted by atomic mass is 35.5. The van der Waals surface area contributed by atoms with Crippen LogP contribution in [0.15, 0.2) is 53.5 Å². The van der Waals surface area contributed by atoms with Crippen LogP contribution in [0.4, 0.5) is 15.8 Å². The van der Waals surface area contributed by atoms with Crippen LogP contribution in [0.25, 0.3) is 0 Å². The minimum absolute atomic E-state index is 0.00994. The molecule has 2 amide bonds. The Morgan fingerprint density at radius 3 is 2.81 bits per heavy atom. The van der Waals surface area contributed by atoms with E-state index < -0.39 is 17.0 Å². The Bertz CT molecular complexity index is 890. The number of para-hydroxylation sites is 1. The molecule has 0 bridgehead atoms. The molecule has 2 aromatic carbocycles. The standard InChI is InChI=1S/C18H15ClFN3O2S/c1-23-16(24)10-15(17(25)22-14-8-3-2-7-13(14)20)26-18(23)21-12-6-4-5-11(19)9-12/h2-9,15H,10H2,1H3,(H,22,25)/t15-/m1/s1. The van der Waals surface area contributed by atoms with Crippen molar-refractivity contribution in [2.45, 2.75) is 11.7 Å². The zero-order valence-corrected chi connectivity index (χ0v) is 15.4. The molecule has 1 atom stereocenters. The number of benzene rings is 2. The molecular formula is C18H15ClFN3O2S. The minimum Gasteiger partial charge on any atom is -0.323 e. The van der Waals surface area contributed by atoms with Gasteiger partial charge in [0.05, 0.1) is 11.4 Å². The van der Waals surface area contributed by atoms with Gasteiger partial charge in [0, 0.05) is 18.5 Å². The molecule has 8 heteroatoms. The number of carbonyl (C=O) groups excluding carboxylic acids is 2. The van der Waals surface area contributed by atoms with E-state index >= 15 is 0 Å². The largest absolute Gasteiger partial charge is 0.323 e. The Labute approximate surface area is 159 Å². The summed E-state index contributed by atoms with van der Waals surface area (Å²) in [4.78, 5) is 30.5. The van der Waals surface area contributed by atoms with Crippen molar-refractivity contribution in [2.24, 2.45) is 4.99 Å². The van der Waals surface area contributed by atoms with E-state index in [1.54, 1.807) is 37.4 Å². The topological polar surface area (TPSA) is 61.8 Å². The number of nitrogens with one attached hydrogen (secondary N) is 1. The lowest BCUT2D eigenvalue weighted by Crippen LogP contribution is -2.43. The summed E-state index contributed by atoms with van der Waals surface area (Å²) in [5.74, 6) is -1.21. The highest BCUT2D eigenvalue weighted by Crippen LogP contribution is 2.29. The summed E-state index contributed by atoms with van der Waals surface area (Å²) in [6, 6.07) is 12.8. The highest BCUT2D eigenvalue weighted by molar-refractivity contribution is 8.15. The first-order chi connectivity index (χ1) is 12.4. The number of halogens is 2. The van der Waals surface area contributed by atoms with Crippen molar-refractivity contribution in [3.05, 3.63) is 59.4 Å². The molecule has 0 spiro atoms. The second-order valence-electron chi connectivity index (χ2n) is 5.61. The summed E-state index contributed by atoms with van der Waals surface area (Å²) in [6.45, 7) is 0. The fourth-order valence-electron chi connectivity index (χ4n) is 2.33. The van der Waals surface area contributed by atoms with Crippen molar-refractivity contribution < 1.29 is 14.0 Å². The average Bonchev–Trinajstić information content (AvgIpc) is 2.60. The third-order valence-electron chi connectivity index (χ3n) is 3.73. The number of aliphatic imine (C=N–C) groups is 1. The van der Waals surface area contributed by atoms with Crippen LogP contribution >= 0.6 is 23.4 Å². The van der Waals surface area contributed by atoms with Crippen LogP contribution in [0, 0.1) is 5.82 Å². The fourth-order valence-corrected chi connectivity index (χ4v) is 3.58. The molecule has 1 aliphatic heterocycles. The molecule has 0 radical (unpaired) electrons. The number of nitrogens with zero attached hydrogens (tertiary/aromatic N) is 2. The number of amidine groups is 1. The van der Waals surface area contributed by atoms with E-state index in [-0.39, 0.29) is 18.0 Å². The average molecular weight is 392 g/mol. The second kappa shape index (κ2) is 7.88. The number of carbonyl (C=O) groups is 2. The molecule has 26 heavy (non-hydrogen) atoms. The summed E-state index contributed by atoms with van der Waals surface area (Å²) in [6.07, 6.45) is 0.00994. The van der Waals surface area contributed by atoms with Crippen molar-refractivity contribution in [1.82, 2.24) is 4.90 Å². The maximum atomic E-state index is 13.7. The lowest BCUT2D eigenvalue weighted by atomic mass is 10.2. The monoisotopic (exact) mass is 391 g/mol. The quantitative estimate of drug-likeness (QED) is 0.857. The number of thioether (sulfide) groups is 1. The number of amides is 2. The predicted molar refractivity (Wildman–Crippen MR) is 102 cm³/mol. The first-order valence-corrected chi connectivity index (χ1v) is 9.02. The summed E-state index contributed by atoms with van der Waals surface area (Å²) < 4.78 is 13.7. The van der Waals surface area contributed by atoms with Crippen molar-refractivity contribution >= 4 is 51.7 Å². The van der Waals surface area contributed by atoms with Gasteiger partial charge in [-0.3, -0.25) is 14.5 Å². The van der Waals surface area contributed by atoms with E-state index in [9.17, 15) is 14.0 Å². The molecule has 0 aliphatic carbocycles. The summed E-state index contributed by atoms with van der Waals surface area (Å²) >= 11 is 7.11. The SMILES string of the molecule is CN1C(=O)C[C@H](C(=O)Nc2ccccc2F)SC1=Nc1cccc(Cl)c1. The molecule has 1 N–H and O–H groups in total. The van der Waals surface area contributed by atoms with Crippen LogP contribution in [0.5, 0.6) is 0 Å². The molecule has 1 fully saturated rings. The number of rotatable bonds is 3. The molecule has 2 aromatic rings. The first-order valence-electron chi connectivity index (χ1n) is 7.77. The predicted octanol–water partition coefficient (Wildman–Crippen LogP) is 4.07. The van der Waals surface area contributed by atoms with Crippen LogP contribution in [0.2, 0.25) is 5.02 Å². The molecule has 1 heterocycles. The maximum Gasteiger partial charge on any atom is 0.238 e. The van der Waals surface area contributed by atoms with E-state index in [1.807, 2.05) is 0 Å². The molecule has 3 rings (SSSR count). The lowest BCUT2D eigenvalue weighted by Gasteiger charge is -2.28. The van der Waals surface area contributed by atoms with E-state index in [0.717, 1.165) is 11.8 Å². The minimum atomic E-state index is -0.698. The van der Waals surface area contributed by atoms with Gasteiger partial charge in [-0.25, -0.2) is 9.38 Å². The summed E-state index contributed by atoms with van der Waals surface area (Å²) in [5.41, 5.74) is 0.660. The summed E-state index contributed by atoms with van der Waals surface area (Å²) in [7, 11) is 1.60. The van der Waals surface area contributed by atoms with Crippen molar-refractivity contribution in [3.63, 3.8) is 0 Å². The third kappa shape index (κ3) is 4.23. The maximum absolute atomic E-state index is 13.7. The Hall–Kier alpha value is -2.38. The molecule has 0 aromatic heterocycles. The van der Waals surface area contributed by atoms with Crippen LogP contribution < -0.4 is 5.32 Å². The van der Waals surface area contributed by atoms with Crippen LogP contribution in [0.1, 0.15) is 6.42 Å². The van der Waals surface area contributed by atoms with Gasteiger partial charge in [0.15, 0.2) is 5.17 Å². The van der Waals surface area contributed by atoms with Gasteiger partial charge < -0.3 is 5.32 Å². The smallest absolute Gasteiger partial charge is 0.238 e. The number of hydrogen-bond acceptors (Lipinski definition) is 4. The van der Waals surface area contributed by atoms with E-state index in [0.29, 0.717) is 15.9 Å². The highest BCUT2D eigenvalue weighted by Gasteiger charge is 2.34. The lowest BCUT2D eigenvalue weighted by molar-refractivity contribution is -0.128. The Balaban J connectivity index is 1.80. The van der Waals surface area contributed by atoms with Crippen molar-refractivity contribution in [3.8, 4) is 0 Å². The fraction of sp³-hybridized carbons (Fsp3) is 0.167. The van der Waals surface area contributed by atoms with Gasteiger partial charge in [0.25, 0.3) is 0 Å². The molecule has 0 unspecified atom stereocenters. The third-order valence-corrected chi connectivity index (χ3v) is 5.20. The van der Waals surface area contributed by atoms with Crippen LogP contribution in [0.3, 0.4) is 0 Å². The Morgan fingerprint density at radius 1 is 1.31 bits per heavy atom. The molecule has 1 saturated heterocycles. The van der Waals surface area contributed by atoms with E-state index in [2.05, 4.69) is 10.3 Å². The van der Waals surface area contributed by atoms with E-state index in [1.165, 1.54) is 23.1 Å². The Morgan fingerprint density at radius 2 is 2.08 bits per heavy atom. The molecule has 5 nitrogen and oxygen atoms in total. The van der Waals surface area contributed by atoms with Gasteiger partial charge in [0.1, 0.15) is 11.1 Å². The molecule has 0 saturated carbocycles. The van der Waals surface area contributed by atoms with Crippen LogP contribution in [-0.4, -0.2) is 34.2 Å². The normalized spacial score (nSPS) is 18.9. The van der Waals surface area contributed by atoms with Gasteiger partial charge in [-0.05, 0) is 30.3 Å². The van der Waals surface area contributed by atoms with Gasteiger partial charge in [-0.1, -0.05) is 41.6 Å². The molecule has 134 valence electrons. The zero-order valence-electron chi connectivity index (χ0n) is 13.8. The Kier molecular flexibility index (Phi) is 5.58. The van der Waals surface area contributed by atoms with Crippen LogP contribution in [-0.2, 0) is 9.59 Å². The first kappa shape index (κ1) is 18.4. The summed E-state index contributed by atoms with van der Waals surface area (Å²) in [5, 5.41) is 2.74. The number of anilines is 1. The van der Waals surface area contributed by atoms with Crippen molar-refractivity contribution in [1.29, 1.82) is 0 Å². The van der Waals surface area contributed by atoms with Gasteiger partial charge in [0.2, 0.25) is 11.8 Å². The van der Waals surface area contributed by atoms with Gasteiger partial charge in [-0.15, -0.1) is 0 Å². The zero-order chi connectivity index (χ0) is 18.7. The number of hydrogen-bond donors (Lipinski definition) is 1.